The van der Waals surface area contributed by atoms with Crippen LogP contribution in [0.25, 0.3) is 11.4 Å². The second-order valence-corrected chi connectivity index (χ2v) is 7.39. The predicted octanol–water partition coefficient (Wildman–Crippen LogP) is 2.76. The number of methoxy groups -OCH3 is 1. The SMILES string of the molecule is COC(=O)C(C)(N)c1ccc(Nc2nc(-c3c(F)cccc3F)nc3c2C(=O)NC3)cc1. The number of rotatable bonds is 5. The summed E-state index contributed by atoms with van der Waals surface area (Å²) in [5.41, 5.74) is 5.85. The summed E-state index contributed by atoms with van der Waals surface area (Å²) in [6.45, 7) is 1.64. The Morgan fingerprint density at radius 3 is 2.41 bits per heavy atom. The van der Waals surface area contributed by atoms with E-state index in [4.69, 9.17) is 10.5 Å². The van der Waals surface area contributed by atoms with E-state index in [0.29, 0.717) is 16.9 Å². The van der Waals surface area contributed by atoms with Gasteiger partial charge in [0.2, 0.25) is 0 Å². The highest BCUT2D eigenvalue weighted by atomic mass is 19.1. The van der Waals surface area contributed by atoms with Crippen molar-refractivity contribution in [3.63, 3.8) is 0 Å². The van der Waals surface area contributed by atoms with E-state index in [1.807, 2.05) is 0 Å². The molecular weight excluding hydrogens is 420 g/mol. The van der Waals surface area contributed by atoms with Gasteiger partial charge in [0.25, 0.3) is 5.91 Å². The number of nitrogens with two attached hydrogens (primary N) is 1. The third-order valence-electron chi connectivity index (χ3n) is 5.17. The van der Waals surface area contributed by atoms with Crippen molar-refractivity contribution >= 4 is 23.4 Å². The first-order valence-corrected chi connectivity index (χ1v) is 9.60. The summed E-state index contributed by atoms with van der Waals surface area (Å²) in [4.78, 5) is 32.6. The average Bonchev–Trinajstić information content (AvgIpc) is 3.14. The molecule has 0 fully saturated rings. The Kier molecular flexibility index (Phi) is 5.31. The number of hydrogen-bond acceptors (Lipinski definition) is 7. The number of esters is 1. The summed E-state index contributed by atoms with van der Waals surface area (Å²) in [6, 6.07) is 9.97. The van der Waals surface area contributed by atoms with Crippen LogP contribution in [0.5, 0.6) is 0 Å². The molecule has 0 aliphatic carbocycles. The number of amides is 1. The minimum absolute atomic E-state index is 0.0962. The maximum absolute atomic E-state index is 14.3. The van der Waals surface area contributed by atoms with E-state index in [2.05, 4.69) is 20.6 Å². The molecule has 1 aromatic heterocycles. The fourth-order valence-electron chi connectivity index (χ4n) is 3.41. The zero-order chi connectivity index (χ0) is 23.0. The lowest BCUT2D eigenvalue weighted by Crippen LogP contribution is -2.42. The minimum Gasteiger partial charge on any atom is -0.467 e. The van der Waals surface area contributed by atoms with Crippen molar-refractivity contribution in [3.05, 3.63) is 70.9 Å². The molecule has 32 heavy (non-hydrogen) atoms. The van der Waals surface area contributed by atoms with E-state index in [1.54, 1.807) is 24.3 Å². The molecule has 4 rings (SSSR count). The molecule has 0 radical (unpaired) electrons. The van der Waals surface area contributed by atoms with Gasteiger partial charge in [-0.2, -0.15) is 0 Å². The molecule has 1 unspecified atom stereocenters. The third-order valence-corrected chi connectivity index (χ3v) is 5.17. The van der Waals surface area contributed by atoms with Crippen LogP contribution in [-0.4, -0.2) is 29.0 Å². The largest absolute Gasteiger partial charge is 0.467 e. The summed E-state index contributed by atoms with van der Waals surface area (Å²) >= 11 is 0. The number of nitrogens with zero attached hydrogens (tertiary/aromatic N) is 2. The lowest BCUT2D eigenvalue weighted by atomic mass is 9.93. The Morgan fingerprint density at radius 1 is 1.12 bits per heavy atom. The van der Waals surface area contributed by atoms with Crippen LogP contribution in [0.15, 0.2) is 42.5 Å². The van der Waals surface area contributed by atoms with Gasteiger partial charge in [-0.1, -0.05) is 18.2 Å². The van der Waals surface area contributed by atoms with E-state index in [-0.39, 0.29) is 29.3 Å². The molecule has 10 heteroatoms. The molecule has 4 N–H and O–H groups in total. The number of hydrogen-bond donors (Lipinski definition) is 3. The molecule has 2 heterocycles. The average molecular weight is 439 g/mol. The summed E-state index contributed by atoms with van der Waals surface area (Å²) in [6.07, 6.45) is 0. The van der Waals surface area contributed by atoms with Crippen molar-refractivity contribution < 1.29 is 23.1 Å². The lowest BCUT2D eigenvalue weighted by Gasteiger charge is -2.22. The van der Waals surface area contributed by atoms with Crippen LogP contribution >= 0.6 is 0 Å². The summed E-state index contributed by atoms with van der Waals surface area (Å²) < 4.78 is 33.3. The van der Waals surface area contributed by atoms with Gasteiger partial charge in [0.1, 0.15) is 28.6 Å². The van der Waals surface area contributed by atoms with Gasteiger partial charge in [0.15, 0.2) is 5.82 Å². The van der Waals surface area contributed by atoms with Gasteiger partial charge in [0, 0.05) is 5.69 Å². The second-order valence-electron chi connectivity index (χ2n) is 7.39. The van der Waals surface area contributed by atoms with Crippen LogP contribution in [-0.2, 0) is 21.6 Å². The Balaban J connectivity index is 1.74. The van der Waals surface area contributed by atoms with E-state index in [1.165, 1.54) is 20.1 Å². The molecule has 0 saturated heterocycles. The van der Waals surface area contributed by atoms with Crippen LogP contribution in [0.1, 0.15) is 28.5 Å². The molecule has 0 spiro atoms. The van der Waals surface area contributed by atoms with E-state index >= 15 is 0 Å². The van der Waals surface area contributed by atoms with Crippen LogP contribution in [0.3, 0.4) is 0 Å². The Labute approximate surface area is 181 Å². The van der Waals surface area contributed by atoms with Gasteiger partial charge >= 0.3 is 5.97 Å². The minimum atomic E-state index is -1.35. The molecular formula is C22H19F2N5O3. The number of nitrogens with one attached hydrogen (secondary N) is 2. The number of carbonyl (C=O) groups excluding carboxylic acids is 2. The molecule has 1 aliphatic heterocycles. The number of benzene rings is 2. The molecule has 8 nitrogen and oxygen atoms in total. The molecule has 1 aliphatic rings. The first-order chi connectivity index (χ1) is 15.2. The number of ether oxygens (including phenoxy) is 1. The highest BCUT2D eigenvalue weighted by molar-refractivity contribution is 6.03. The van der Waals surface area contributed by atoms with Crippen molar-refractivity contribution in [2.24, 2.45) is 5.73 Å². The number of carbonyl (C=O) groups is 2. The normalized spacial score (nSPS) is 14.3. The smallest absolute Gasteiger partial charge is 0.330 e. The van der Waals surface area contributed by atoms with E-state index in [0.717, 1.165) is 12.1 Å². The number of halogens is 2. The predicted molar refractivity (Wildman–Crippen MR) is 112 cm³/mol. The molecule has 0 bridgehead atoms. The van der Waals surface area contributed by atoms with Crippen molar-refractivity contribution in [3.8, 4) is 11.4 Å². The first kappa shape index (κ1) is 21.3. The van der Waals surface area contributed by atoms with Crippen molar-refractivity contribution in [1.82, 2.24) is 15.3 Å². The first-order valence-electron chi connectivity index (χ1n) is 9.60. The molecule has 1 atom stereocenters. The zero-order valence-electron chi connectivity index (χ0n) is 17.2. The van der Waals surface area contributed by atoms with Crippen LogP contribution < -0.4 is 16.4 Å². The topological polar surface area (TPSA) is 119 Å². The molecule has 0 saturated carbocycles. The van der Waals surface area contributed by atoms with Gasteiger partial charge in [-0.15, -0.1) is 0 Å². The highest BCUT2D eigenvalue weighted by Crippen LogP contribution is 2.31. The summed E-state index contributed by atoms with van der Waals surface area (Å²) in [5.74, 6) is -2.72. The standard InChI is InChI=1S/C22H19F2N5O3/c1-22(25,21(31)32-2)11-6-8-12(9-7-11)27-19-17-15(10-26-20(17)30)28-18(29-19)16-13(23)4-3-5-14(16)24/h3-9H,10,25H2,1-2H3,(H,26,30)(H,27,28,29). The Morgan fingerprint density at radius 2 is 1.78 bits per heavy atom. The molecule has 2 aromatic carbocycles. The Bertz CT molecular complexity index is 1210. The fraction of sp³-hybridized carbons (Fsp3) is 0.182. The third kappa shape index (κ3) is 3.65. The Hall–Kier alpha value is -3.92. The van der Waals surface area contributed by atoms with Gasteiger partial charge in [-0.05, 0) is 36.8 Å². The summed E-state index contributed by atoms with van der Waals surface area (Å²) in [7, 11) is 1.25. The molecule has 3 aromatic rings. The van der Waals surface area contributed by atoms with Gasteiger partial charge in [-0.3, -0.25) is 4.79 Å². The fourth-order valence-corrected chi connectivity index (χ4v) is 3.41. The number of anilines is 2. The molecule has 164 valence electrons. The van der Waals surface area contributed by atoms with Crippen LogP contribution in [0.2, 0.25) is 0 Å². The lowest BCUT2D eigenvalue weighted by molar-refractivity contribution is -0.146. The number of aromatic nitrogens is 2. The second kappa shape index (κ2) is 7.97. The maximum Gasteiger partial charge on any atom is 0.330 e. The number of fused-ring (bicyclic) bond motifs is 1. The maximum atomic E-state index is 14.3. The highest BCUT2D eigenvalue weighted by Gasteiger charge is 2.32. The van der Waals surface area contributed by atoms with Gasteiger partial charge < -0.3 is 21.1 Å². The van der Waals surface area contributed by atoms with Crippen molar-refractivity contribution in [2.45, 2.75) is 19.0 Å². The van der Waals surface area contributed by atoms with Gasteiger partial charge in [0.05, 0.1) is 24.9 Å². The zero-order valence-corrected chi connectivity index (χ0v) is 17.2. The molecule has 1 amide bonds. The van der Waals surface area contributed by atoms with Crippen LogP contribution in [0.4, 0.5) is 20.3 Å². The van der Waals surface area contributed by atoms with Gasteiger partial charge in [-0.25, -0.2) is 23.5 Å². The van der Waals surface area contributed by atoms with Crippen LogP contribution in [0, 0.1) is 11.6 Å². The monoisotopic (exact) mass is 439 g/mol. The summed E-state index contributed by atoms with van der Waals surface area (Å²) in [5, 5.41) is 5.62. The van der Waals surface area contributed by atoms with E-state index < -0.39 is 29.0 Å². The quantitative estimate of drug-likeness (QED) is 0.523. The van der Waals surface area contributed by atoms with Crippen molar-refractivity contribution in [2.75, 3.05) is 12.4 Å². The van der Waals surface area contributed by atoms with E-state index in [9.17, 15) is 18.4 Å². The van der Waals surface area contributed by atoms with Crippen molar-refractivity contribution in [1.29, 1.82) is 0 Å².